The summed E-state index contributed by atoms with van der Waals surface area (Å²) in [5.41, 5.74) is 0.0269. The van der Waals surface area contributed by atoms with E-state index in [0.717, 1.165) is 4.90 Å². The molecule has 0 unspecified atom stereocenters. The first kappa shape index (κ1) is 19.7. The molecule has 1 aliphatic heterocycles. The number of halogens is 3. The molecule has 1 aromatic carbocycles. The Hall–Kier alpha value is -1.65. The highest BCUT2D eigenvalue weighted by Gasteiger charge is 2.29. The summed E-state index contributed by atoms with van der Waals surface area (Å²) < 4.78 is 68.4. The molecule has 25 heavy (non-hydrogen) atoms. The molecule has 0 aromatic heterocycles. The van der Waals surface area contributed by atoms with Crippen molar-refractivity contribution in [3.63, 3.8) is 0 Å². The maximum atomic E-state index is 12.6. The molecular formula is C15H19F3N2O4S. The second-order valence-corrected chi connectivity index (χ2v) is 7.57. The SMILES string of the molecule is CN(CCC(F)(F)F)C(=O)c1cccc(S(=O)(=O)N2CCOCC2)c1. The monoisotopic (exact) mass is 380 g/mol. The highest BCUT2D eigenvalue weighted by Crippen LogP contribution is 2.21. The molecular weight excluding hydrogens is 361 g/mol. The lowest BCUT2D eigenvalue weighted by Crippen LogP contribution is -2.40. The van der Waals surface area contributed by atoms with Gasteiger partial charge in [-0.1, -0.05) is 6.07 Å². The van der Waals surface area contributed by atoms with Gasteiger partial charge in [0.25, 0.3) is 5.91 Å². The zero-order chi connectivity index (χ0) is 18.7. The Labute approximate surface area is 144 Å². The second kappa shape index (κ2) is 7.71. The zero-order valence-corrected chi connectivity index (χ0v) is 14.4. The minimum Gasteiger partial charge on any atom is -0.379 e. The second-order valence-electron chi connectivity index (χ2n) is 5.64. The van der Waals surface area contributed by atoms with Gasteiger partial charge < -0.3 is 9.64 Å². The normalized spacial score (nSPS) is 16.6. The van der Waals surface area contributed by atoms with E-state index in [1.165, 1.54) is 35.6 Å². The number of ether oxygens (including phenoxy) is 1. The highest BCUT2D eigenvalue weighted by molar-refractivity contribution is 7.89. The van der Waals surface area contributed by atoms with Crippen molar-refractivity contribution in [2.75, 3.05) is 39.9 Å². The third-order valence-electron chi connectivity index (χ3n) is 3.77. The Bertz CT molecular complexity index is 716. The van der Waals surface area contributed by atoms with E-state index >= 15 is 0 Å². The number of nitrogens with zero attached hydrogens (tertiary/aromatic N) is 2. The minimum absolute atomic E-state index is 0.0269. The van der Waals surface area contributed by atoms with Crippen molar-refractivity contribution < 1.29 is 31.1 Å². The molecule has 0 bridgehead atoms. The van der Waals surface area contributed by atoms with Crippen LogP contribution in [0.25, 0.3) is 0 Å². The van der Waals surface area contributed by atoms with E-state index in [9.17, 15) is 26.4 Å². The summed E-state index contributed by atoms with van der Waals surface area (Å²) in [7, 11) is -2.53. The van der Waals surface area contributed by atoms with Gasteiger partial charge in [0.15, 0.2) is 0 Å². The van der Waals surface area contributed by atoms with Crippen LogP contribution < -0.4 is 0 Å². The van der Waals surface area contributed by atoms with Crippen molar-refractivity contribution in [2.24, 2.45) is 0 Å². The molecule has 0 atom stereocenters. The van der Waals surface area contributed by atoms with Crippen LogP contribution in [-0.4, -0.2) is 69.6 Å². The van der Waals surface area contributed by atoms with E-state index < -0.39 is 35.1 Å². The Morgan fingerprint density at radius 1 is 1.28 bits per heavy atom. The summed E-state index contributed by atoms with van der Waals surface area (Å²) in [4.78, 5) is 13.1. The predicted octanol–water partition coefficient (Wildman–Crippen LogP) is 1.73. The van der Waals surface area contributed by atoms with Crippen molar-refractivity contribution in [2.45, 2.75) is 17.5 Å². The Morgan fingerprint density at radius 2 is 1.92 bits per heavy atom. The lowest BCUT2D eigenvalue weighted by molar-refractivity contribution is -0.136. The summed E-state index contributed by atoms with van der Waals surface area (Å²) in [6, 6.07) is 5.33. The first-order valence-corrected chi connectivity index (χ1v) is 9.05. The highest BCUT2D eigenvalue weighted by atomic mass is 32.2. The van der Waals surface area contributed by atoms with Crippen molar-refractivity contribution in [1.82, 2.24) is 9.21 Å². The molecule has 1 saturated heterocycles. The quantitative estimate of drug-likeness (QED) is 0.780. The molecule has 6 nitrogen and oxygen atoms in total. The van der Waals surface area contributed by atoms with Gasteiger partial charge in [-0.3, -0.25) is 4.79 Å². The molecule has 2 rings (SSSR count). The number of carbonyl (C=O) groups is 1. The van der Waals surface area contributed by atoms with Crippen LogP contribution in [0.4, 0.5) is 13.2 Å². The standard InChI is InChI=1S/C15H19F3N2O4S/c1-19(6-5-15(16,17)18)14(21)12-3-2-4-13(11-12)25(22,23)20-7-9-24-10-8-20/h2-4,11H,5-10H2,1H3. The van der Waals surface area contributed by atoms with Gasteiger partial charge in [0.1, 0.15) is 0 Å². The maximum absolute atomic E-state index is 12.6. The zero-order valence-electron chi connectivity index (χ0n) is 13.6. The van der Waals surface area contributed by atoms with Crippen LogP contribution in [0.15, 0.2) is 29.2 Å². The molecule has 0 radical (unpaired) electrons. The lowest BCUT2D eigenvalue weighted by Gasteiger charge is -2.26. The van der Waals surface area contributed by atoms with Crippen molar-refractivity contribution in [3.8, 4) is 0 Å². The van der Waals surface area contributed by atoms with Gasteiger partial charge in [-0.2, -0.15) is 17.5 Å². The molecule has 140 valence electrons. The van der Waals surface area contributed by atoms with E-state index in [1.54, 1.807) is 0 Å². The topological polar surface area (TPSA) is 66.9 Å². The molecule has 10 heteroatoms. The van der Waals surface area contributed by atoms with Gasteiger partial charge in [-0.25, -0.2) is 8.42 Å². The van der Waals surface area contributed by atoms with Crippen LogP contribution in [0, 0.1) is 0 Å². The first-order chi connectivity index (χ1) is 11.6. The molecule has 0 saturated carbocycles. The van der Waals surface area contributed by atoms with Crippen molar-refractivity contribution in [3.05, 3.63) is 29.8 Å². The number of alkyl halides is 3. The molecule has 1 aromatic rings. The predicted molar refractivity (Wildman–Crippen MR) is 83.7 cm³/mol. The third kappa shape index (κ3) is 5.16. The number of sulfonamides is 1. The maximum Gasteiger partial charge on any atom is 0.390 e. The largest absolute Gasteiger partial charge is 0.390 e. The average Bonchev–Trinajstić information content (AvgIpc) is 2.59. The third-order valence-corrected chi connectivity index (χ3v) is 5.66. The van der Waals surface area contributed by atoms with E-state index in [0.29, 0.717) is 0 Å². The van der Waals surface area contributed by atoms with E-state index in [2.05, 4.69) is 0 Å². The number of carbonyl (C=O) groups excluding carboxylic acids is 1. The van der Waals surface area contributed by atoms with E-state index in [-0.39, 0.29) is 36.8 Å². The average molecular weight is 380 g/mol. The van der Waals surface area contributed by atoms with Crippen LogP contribution in [-0.2, 0) is 14.8 Å². The van der Waals surface area contributed by atoms with Crippen molar-refractivity contribution >= 4 is 15.9 Å². The summed E-state index contributed by atoms with van der Waals surface area (Å²) in [5, 5.41) is 0. The molecule has 1 aliphatic rings. The fraction of sp³-hybridized carbons (Fsp3) is 0.533. The summed E-state index contributed by atoms with van der Waals surface area (Å²) >= 11 is 0. The molecule has 1 fully saturated rings. The summed E-state index contributed by atoms with van der Waals surface area (Å²) in [5.74, 6) is -0.664. The first-order valence-electron chi connectivity index (χ1n) is 7.61. The Kier molecular flexibility index (Phi) is 6.07. The fourth-order valence-electron chi connectivity index (χ4n) is 2.34. The number of rotatable bonds is 5. The van der Waals surface area contributed by atoms with Crippen molar-refractivity contribution in [1.29, 1.82) is 0 Å². The number of morpholine rings is 1. The number of hydrogen-bond acceptors (Lipinski definition) is 4. The molecule has 0 aliphatic carbocycles. The fourth-order valence-corrected chi connectivity index (χ4v) is 3.80. The molecule has 0 N–H and O–H groups in total. The Morgan fingerprint density at radius 3 is 2.52 bits per heavy atom. The summed E-state index contributed by atoms with van der Waals surface area (Å²) in [6.07, 6.45) is -5.49. The van der Waals surface area contributed by atoms with E-state index in [4.69, 9.17) is 4.74 Å². The molecule has 0 spiro atoms. The Balaban J connectivity index is 2.16. The number of amides is 1. The number of hydrogen-bond donors (Lipinski definition) is 0. The van der Waals surface area contributed by atoms with Gasteiger partial charge in [0.2, 0.25) is 10.0 Å². The van der Waals surface area contributed by atoms with Crippen LogP contribution in [0.3, 0.4) is 0 Å². The van der Waals surface area contributed by atoms with Gasteiger partial charge in [-0.05, 0) is 18.2 Å². The molecule has 1 heterocycles. The minimum atomic E-state index is -4.37. The summed E-state index contributed by atoms with van der Waals surface area (Å²) in [6.45, 7) is 0.511. The smallest absolute Gasteiger partial charge is 0.379 e. The molecule has 1 amide bonds. The van der Waals surface area contributed by atoms with Crippen LogP contribution >= 0.6 is 0 Å². The lowest BCUT2D eigenvalue weighted by atomic mass is 10.2. The van der Waals surface area contributed by atoms with Crippen LogP contribution in [0.2, 0.25) is 0 Å². The van der Waals surface area contributed by atoms with Crippen LogP contribution in [0.5, 0.6) is 0 Å². The van der Waals surface area contributed by atoms with Gasteiger partial charge in [0.05, 0.1) is 24.5 Å². The van der Waals surface area contributed by atoms with E-state index in [1.807, 2.05) is 0 Å². The van der Waals surface area contributed by atoms with Gasteiger partial charge >= 0.3 is 6.18 Å². The van der Waals surface area contributed by atoms with Crippen LogP contribution in [0.1, 0.15) is 16.8 Å². The van der Waals surface area contributed by atoms with Gasteiger partial charge in [-0.15, -0.1) is 0 Å². The number of benzene rings is 1. The van der Waals surface area contributed by atoms with Gasteiger partial charge in [0, 0.05) is 32.2 Å².